The second-order valence-corrected chi connectivity index (χ2v) is 5.58. The van der Waals surface area contributed by atoms with E-state index in [1.54, 1.807) is 7.11 Å². The van der Waals surface area contributed by atoms with Crippen LogP contribution in [0.3, 0.4) is 0 Å². The van der Waals surface area contributed by atoms with Crippen LogP contribution >= 0.6 is 15.9 Å². The Balaban J connectivity index is 1.95. The van der Waals surface area contributed by atoms with Crippen molar-refractivity contribution in [1.29, 1.82) is 0 Å². The van der Waals surface area contributed by atoms with Crippen LogP contribution in [0.2, 0.25) is 0 Å². The van der Waals surface area contributed by atoms with Gasteiger partial charge < -0.3 is 4.74 Å². The Morgan fingerprint density at radius 2 is 2.39 bits per heavy atom. The Morgan fingerprint density at radius 1 is 1.56 bits per heavy atom. The van der Waals surface area contributed by atoms with Crippen LogP contribution in [0.1, 0.15) is 23.2 Å². The second kappa shape index (κ2) is 6.45. The van der Waals surface area contributed by atoms with Gasteiger partial charge in [-0.15, -0.1) is 0 Å². The lowest BCUT2D eigenvalue weighted by molar-refractivity contribution is 0.0314. The maximum absolute atomic E-state index is 12.2. The minimum atomic E-state index is 0.174. The van der Waals surface area contributed by atoms with E-state index in [4.69, 9.17) is 4.74 Å². The van der Waals surface area contributed by atoms with Crippen molar-refractivity contribution in [1.82, 2.24) is 4.90 Å². The highest BCUT2D eigenvalue weighted by Gasteiger charge is 2.21. The summed E-state index contributed by atoms with van der Waals surface area (Å²) in [6.07, 6.45) is 2.47. The number of likely N-dealkylation sites (tertiary alicyclic amines) is 1. The summed E-state index contributed by atoms with van der Waals surface area (Å²) in [6.45, 7) is 2.33. The van der Waals surface area contributed by atoms with Crippen molar-refractivity contribution in [2.75, 3.05) is 26.7 Å². The summed E-state index contributed by atoms with van der Waals surface area (Å²) in [7, 11) is 1.74. The molecular weight excluding hydrogens is 294 g/mol. The average molecular weight is 312 g/mol. The Bertz CT molecular complexity index is 422. The van der Waals surface area contributed by atoms with Crippen LogP contribution in [0.15, 0.2) is 28.7 Å². The van der Waals surface area contributed by atoms with E-state index in [1.165, 1.54) is 0 Å². The fourth-order valence-corrected chi connectivity index (χ4v) is 2.70. The summed E-state index contributed by atoms with van der Waals surface area (Å²) in [5, 5.41) is 0. The first kappa shape index (κ1) is 13.7. The first-order valence-corrected chi connectivity index (χ1v) is 7.02. The van der Waals surface area contributed by atoms with Gasteiger partial charge in [-0.3, -0.25) is 9.69 Å². The number of carbonyl (C=O) groups is 1. The van der Waals surface area contributed by atoms with E-state index in [0.717, 1.165) is 36.0 Å². The molecule has 1 aromatic rings. The molecule has 18 heavy (non-hydrogen) atoms. The third-order valence-corrected chi connectivity index (χ3v) is 3.80. The fraction of sp³-hybridized carbons (Fsp3) is 0.500. The molecule has 1 atom stereocenters. The second-order valence-electron chi connectivity index (χ2n) is 4.67. The van der Waals surface area contributed by atoms with Crippen molar-refractivity contribution < 1.29 is 9.53 Å². The van der Waals surface area contributed by atoms with Gasteiger partial charge in [0.05, 0.1) is 12.6 Å². The molecule has 0 spiro atoms. The molecule has 1 fully saturated rings. The molecule has 0 aliphatic carbocycles. The number of nitrogens with zero attached hydrogens (tertiary/aromatic N) is 1. The first-order chi connectivity index (χ1) is 8.69. The molecule has 0 bridgehead atoms. The first-order valence-electron chi connectivity index (χ1n) is 6.23. The van der Waals surface area contributed by atoms with Crippen LogP contribution < -0.4 is 0 Å². The van der Waals surface area contributed by atoms with Crippen molar-refractivity contribution >= 4 is 21.7 Å². The van der Waals surface area contributed by atoms with E-state index in [9.17, 15) is 4.79 Å². The SMILES string of the molecule is COC1CCCN(CC(=O)c2cccc(Br)c2)C1. The zero-order valence-corrected chi connectivity index (χ0v) is 12.1. The number of carbonyl (C=O) groups excluding carboxylic acids is 1. The molecule has 0 aromatic heterocycles. The maximum Gasteiger partial charge on any atom is 0.176 e. The molecule has 0 saturated carbocycles. The standard InChI is InChI=1S/C14H18BrNO2/c1-18-13-6-3-7-16(9-13)10-14(17)11-4-2-5-12(15)8-11/h2,4-5,8,13H,3,6-7,9-10H2,1H3. The lowest BCUT2D eigenvalue weighted by Gasteiger charge is -2.31. The molecule has 1 aliphatic rings. The van der Waals surface area contributed by atoms with E-state index in [1.807, 2.05) is 24.3 Å². The predicted octanol–water partition coefficient (Wildman–Crippen LogP) is 2.74. The van der Waals surface area contributed by atoms with Gasteiger partial charge in [-0.05, 0) is 31.5 Å². The van der Waals surface area contributed by atoms with Crippen LogP contribution in [0.4, 0.5) is 0 Å². The summed E-state index contributed by atoms with van der Waals surface area (Å²) < 4.78 is 6.31. The zero-order valence-electron chi connectivity index (χ0n) is 10.6. The van der Waals surface area contributed by atoms with Crippen LogP contribution in [0.5, 0.6) is 0 Å². The third-order valence-electron chi connectivity index (χ3n) is 3.31. The van der Waals surface area contributed by atoms with Crippen molar-refractivity contribution in [2.45, 2.75) is 18.9 Å². The highest BCUT2D eigenvalue weighted by molar-refractivity contribution is 9.10. The number of benzene rings is 1. The molecule has 3 nitrogen and oxygen atoms in total. The summed E-state index contributed by atoms with van der Waals surface area (Å²) in [4.78, 5) is 14.3. The van der Waals surface area contributed by atoms with E-state index in [-0.39, 0.29) is 11.9 Å². The predicted molar refractivity (Wildman–Crippen MR) is 74.9 cm³/mol. The van der Waals surface area contributed by atoms with Crippen LogP contribution in [0, 0.1) is 0 Å². The third kappa shape index (κ3) is 3.64. The van der Waals surface area contributed by atoms with Gasteiger partial charge in [0.15, 0.2) is 5.78 Å². The lowest BCUT2D eigenvalue weighted by atomic mass is 10.1. The van der Waals surface area contributed by atoms with Crippen molar-refractivity contribution in [3.05, 3.63) is 34.3 Å². The summed E-state index contributed by atoms with van der Waals surface area (Å²) in [5.74, 6) is 0.174. The number of hydrogen-bond donors (Lipinski definition) is 0. The smallest absolute Gasteiger partial charge is 0.176 e. The normalized spacial score (nSPS) is 20.9. The number of ketones is 1. The lowest BCUT2D eigenvalue weighted by Crippen LogP contribution is -2.41. The topological polar surface area (TPSA) is 29.5 Å². The van der Waals surface area contributed by atoms with Crippen LogP contribution in [-0.2, 0) is 4.74 Å². The van der Waals surface area contributed by atoms with Crippen molar-refractivity contribution in [3.63, 3.8) is 0 Å². The molecule has 98 valence electrons. The summed E-state index contributed by atoms with van der Waals surface area (Å²) >= 11 is 3.39. The Labute approximate surface area is 116 Å². The summed E-state index contributed by atoms with van der Waals surface area (Å²) in [5.41, 5.74) is 0.768. The molecule has 2 rings (SSSR count). The monoisotopic (exact) mass is 311 g/mol. The van der Waals surface area contributed by atoms with Crippen LogP contribution in [-0.4, -0.2) is 43.5 Å². The molecule has 1 aliphatic heterocycles. The number of hydrogen-bond acceptors (Lipinski definition) is 3. The number of rotatable bonds is 4. The highest BCUT2D eigenvalue weighted by Crippen LogP contribution is 2.15. The molecule has 0 radical (unpaired) electrons. The van der Waals surface area contributed by atoms with Gasteiger partial charge in [-0.2, -0.15) is 0 Å². The van der Waals surface area contributed by atoms with Crippen LogP contribution in [0.25, 0.3) is 0 Å². The molecule has 1 unspecified atom stereocenters. The van der Waals surface area contributed by atoms with Crippen molar-refractivity contribution in [3.8, 4) is 0 Å². The van der Waals surface area contributed by atoms with E-state index in [0.29, 0.717) is 6.54 Å². The molecule has 0 N–H and O–H groups in total. The van der Waals surface area contributed by atoms with E-state index in [2.05, 4.69) is 20.8 Å². The average Bonchev–Trinajstić information content (AvgIpc) is 2.39. The Kier molecular flexibility index (Phi) is 4.92. The van der Waals surface area contributed by atoms with Gasteiger partial charge in [0, 0.05) is 23.7 Å². The number of methoxy groups -OCH3 is 1. The number of halogens is 1. The zero-order chi connectivity index (χ0) is 13.0. The summed E-state index contributed by atoms with van der Waals surface area (Å²) in [6, 6.07) is 7.56. The van der Waals surface area contributed by atoms with Gasteiger partial charge in [0.25, 0.3) is 0 Å². The largest absolute Gasteiger partial charge is 0.380 e. The molecule has 0 amide bonds. The Morgan fingerprint density at radius 3 is 3.11 bits per heavy atom. The van der Waals surface area contributed by atoms with E-state index >= 15 is 0 Å². The number of ether oxygens (including phenoxy) is 1. The maximum atomic E-state index is 12.2. The van der Waals surface area contributed by atoms with Gasteiger partial charge in [-0.1, -0.05) is 28.1 Å². The minimum absolute atomic E-state index is 0.174. The number of Topliss-reactive ketones (excluding diaryl/α,β-unsaturated/α-hetero) is 1. The highest BCUT2D eigenvalue weighted by atomic mass is 79.9. The Hall–Kier alpha value is -0.710. The molecule has 1 aromatic carbocycles. The fourth-order valence-electron chi connectivity index (χ4n) is 2.31. The minimum Gasteiger partial charge on any atom is -0.380 e. The van der Waals surface area contributed by atoms with Gasteiger partial charge in [0.2, 0.25) is 0 Å². The molecule has 1 saturated heterocycles. The molecule has 4 heteroatoms. The molecular formula is C14H18BrNO2. The quantitative estimate of drug-likeness (QED) is 0.801. The van der Waals surface area contributed by atoms with E-state index < -0.39 is 0 Å². The van der Waals surface area contributed by atoms with Gasteiger partial charge in [0.1, 0.15) is 0 Å². The molecule has 1 heterocycles. The van der Waals surface area contributed by atoms with Crippen molar-refractivity contribution in [2.24, 2.45) is 0 Å². The van der Waals surface area contributed by atoms with Gasteiger partial charge in [-0.25, -0.2) is 0 Å². The number of piperidine rings is 1. The van der Waals surface area contributed by atoms with Gasteiger partial charge >= 0.3 is 0 Å².